The molecule has 5 heteroatoms. The van der Waals surface area contributed by atoms with Crippen LogP contribution in [0.1, 0.15) is 13.8 Å². The molecule has 2 N–H and O–H groups in total. The lowest BCUT2D eigenvalue weighted by molar-refractivity contribution is 0.0554. The predicted octanol–water partition coefficient (Wildman–Crippen LogP) is 0.203. The first-order valence-corrected chi connectivity index (χ1v) is 7.36. The highest BCUT2D eigenvalue weighted by molar-refractivity contribution is 4.93. The van der Waals surface area contributed by atoms with Gasteiger partial charge in [-0.3, -0.25) is 14.6 Å². The highest BCUT2D eigenvalue weighted by Crippen LogP contribution is 2.15. The third-order valence-corrected chi connectivity index (χ3v) is 4.28. The lowest BCUT2D eigenvalue weighted by Crippen LogP contribution is -2.57. The molecule has 0 bridgehead atoms. The van der Waals surface area contributed by atoms with Crippen LogP contribution in [0.3, 0.4) is 0 Å². The van der Waals surface area contributed by atoms with E-state index in [0.29, 0.717) is 6.54 Å². The molecule has 0 saturated carbocycles. The van der Waals surface area contributed by atoms with Gasteiger partial charge in [-0.25, -0.2) is 0 Å². The maximum atomic E-state index is 11.6. The van der Waals surface area contributed by atoms with Crippen molar-refractivity contribution in [2.45, 2.75) is 25.9 Å². The van der Waals surface area contributed by atoms with Gasteiger partial charge in [-0.1, -0.05) is 6.07 Å². The summed E-state index contributed by atoms with van der Waals surface area (Å²) in [6, 6.07) is 5.30. The maximum absolute atomic E-state index is 11.6. The van der Waals surface area contributed by atoms with Crippen LogP contribution in [-0.2, 0) is 6.54 Å². The van der Waals surface area contributed by atoms with Crippen molar-refractivity contribution in [3.05, 3.63) is 34.7 Å². The van der Waals surface area contributed by atoms with Crippen LogP contribution in [0, 0.1) is 0 Å². The Labute approximate surface area is 121 Å². The van der Waals surface area contributed by atoms with Gasteiger partial charge in [0.1, 0.15) is 0 Å². The van der Waals surface area contributed by atoms with Crippen LogP contribution in [0.2, 0.25) is 0 Å². The van der Waals surface area contributed by atoms with Crippen LogP contribution < -0.4 is 11.3 Å². The first-order chi connectivity index (χ1) is 9.53. The van der Waals surface area contributed by atoms with Crippen molar-refractivity contribution >= 4 is 0 Å². The monoisotopic (exact) mass is 278 g/mol. The van der Waals surface area contributed by atoms with Gasteiger partial charge in [-0.15, -0.1) is 0 Å². The second-order valence-electron chi connectivity index (χ2n) is 6.08. The van der Waals surface area contributed by atoms with Crippen molar-refractivity contribution in [1.29, 1.82) is 0 Å². The molecule has 1 aliphatic rings. The number of hydrogen-bond donors (Lipinski definition) is 1. The Morgan fingerprint density at radius 3 is 2.45 bits per heavy atom. The van der Waals surface area contributed by atoms with Gasteiger partial charge in [0, 0.05) is 63.6 Å². The molecule has 0 amide bonds. The van der Waals surface area contributed by atoms with Crippen molar-refractivity contribution in [3.8, 4) is 0 Å². The maximum Gasteiger partial charge on any atom is 0.250 e. The number of pyridine rings is 1. The first kappa shape index (κ1) is 15.2. The van der Waals surface area contributed by atoms with Crippen LogP contribution in [-0.4, -0.2) is 59.2 Å². The van der Waals surface area contributed by atoms with E-state index in [1.807, 2.05) is 12.3 Å². The molecule has 0 aliphatic carbocycles. The molecule has 1 aliphatic heterocycles. The molecule has 2 heterocycles. The van der Waals surface area contributed by atoms with E-state index in [1.165, 1.54) is 0 Å². The van der Waals surface area contributed by atoms with Crippen molar-refractivity contribution in [1.82, 2.24) is 14.4 Å². The second kappa shape index (κ2) is 6.52. The van der Waals surface area contributed by atoms with Gasteiger partial charge in [0.25, 0.3) is 5.56 Å². The van der Waals surface area contributed by atoms with E-state index in [0.717, 1.165) is 39.3 Å². The summed E-state index contributed by atoms with van der Waals surface area (Å²) in [4.78, 5) is 16.5. The minimum atomic E-state index is 0.0791. The number of piperazine rings is 1. The zero-order chi connectivity index (χ0) is 14.6. The number of nitrogens with zero attached hydrogens (tertiary/aromatic N) is 3. The molecule has 1 saturated heterocycles. The highest BCUT2D eigenvalue weighted by Gasteiger charge is 2.28. The third-order valence-electron chi connectivity index (χ3n) is 4.28. The fourth-order valence-electron chi connectivity index (χ4n) is 2.60. The largest absolute Gasteiger partial charge is 0.329 e. The summed E-state index contributed by atoms with van der Waals surface area (Å²) < 4.78 is 1.77. The van der Waals surface area contributed by atoms with Crippen LogP contribution in [0.5, 0.6) is 0 Å². The molecule has 0 spiro atoms. The number of rotatable bonds is 5. The van der Waals surface area contributed by atoms with E-state index in [9.17, 15) is 4.79 Å². The summed E-state index contributed by atoms with van der Waals surface area (Å²) in [6.45, 7) is 11.0. The van der Waals surface area contributed by atoms with Gasteiger partial charge < -0.3 is 10.3 Å². The van der Waals surface area contributed by atoms with E-state index in [4.69, 9.17) is 5.73 Å². The second-order valence-corrected chi connectivity index (χ2v) is 6.08. The van der Waals surface area contributed by atoms with Crippen molar-refractivity contribution in [2.24, 2.45) is 5.73 Å². The van der Waals surface area contributed by atoms with Crippen molar-refractivity contribution < 1.29 is 0 Å². The molecular weight excluding hydrogens is 252 g/mol. The number of hydrogen-bond acceptors (Lipinski definition) is 4. The molecule has 2 rings (SSSR count). The van der Waals surface area contributed by atoms with Crippen molar-refractivity contribution in [2.75, 3.05) is 39.3 Å². The lowest BCUT2D eigenvalue weighted by atomic mass is 10.0. The summed E-state index contributed by atoms with van der Waals surface area (Å²) in [5.74, 6) is 0. The molecule has 0 aromatic carbocycles. The SMILES string of the molecule is CC(C)(CN)N1CCN(CCn2ccccc2=O)CC1. The number of aromatic nitrogens is 1. The fraction of sp³-hybridized carbons (Fsp3) is 0.667. The zero-order valence-electron chi connectivity index (χ0n) is 12.6. The fourth-order valence-corrected chi connectivity index (χ4v) is 2.60. The average molecular weight is 278 g/mol. The quantitative estimate of drug-likeness (QED) is 0.836. The van der Waals surface area contributed by atoms with Crippen LogP contribution in [0.25, 0.3) is 0 Å². The Bertz CT molecular complexity index is 475. The molecule has 5 nitrogen and oxygen atoms in total. The van der Waals surface area contributed by atoms with Gasteiger partial charge in [0.2, 0.25) is 0 Å². The molecule has 1 aromatic heterocycles. The summed E-state index contributed by atoms with van der Waals surface area (Å²) in [6.07, 6.45) is 1.86. The molecule has 112 valence electrons. The Morgan fingerprint density at radius 1 is 1.15 bits per heavy atom. The van der Waals surface area contributed by atoms with E-state index in [-0.39, 0.29) is 11.1 Å². The Morgan fingerprint density at radius 2 is 1.85 bits per heavy atom. The standard InChI is InChI=1S/C15H26N4O/c1-15(2,13-16)19-11-8-17(9-12-19)7-10-18-6-4-3-5-14(18)20/h3-6H,7-13,16H2,1-2H3. The van der Waals surface area contributed by atoms with Crippen LogP contribution >= 0.6 is 0 Å². The smallest absolute Gasteiger partial charge is 0.250 e. The topological polar surface area (TPSA) is 54.5 Å². The van der Waals surface area contributed by atoms with E-state index in [1.54, 1.807) is 16.7 Å². The lowest BCUT2D eigenvalue weighted by Gasteiger charge is -2.43. The van der Waals surface area contributed by atoms with E-state index < -0.39 is 0 Å². The zero-order valence-corrected chi connectivity index (χ0v) is 12.6. The Kier molecular flexibility index (Phi) is 4.96. The van der Waals surface area contributed by atoms with Gasteiger partial charge in [0.05, 0.1) is 0 Å². The van der Waals surface area contributed by atoms with E-state index >= 15 is 0 Å². The number of nitrogens with two attached hydrogens (primary N) is 1. The van der Waals surface area contributed by atoms with Crippen molar-refractivity contribution in [3.63, 3.8) is 0 Å². The van der Waals surface area contributed by atoms with Gasteiger partial charge in [-0.2, -0.15) is 0 Å². The normalized spacial score (nSPS) is 18.4. The molecule has 0 atom stereocenters. The van der Waals surface area contributed by atoms with Gasteiger partial charge in [-0.05, 0) is 19.9 Å². The van der Waals surface area contributed by atoms with Crippen LogP contribution in [0.4, 0.5) is 0 Å². The Hall–Kier alpha value is -1.17. The molecule has 0 unspecified atom stereocenters. The first-order valence-electron chi connectivity index (χ1n) is 7.36. The highest BCUT2D eigenvalue weighted by atomic mass is 16.1. The summed E-state index contributed by atoms with van der Waals surface area (Å²) >= 11 is 0. The van der Waals surface area contributed by atoms with Gasteiger partial charge in [0.15, 0.2) is 0 Å². The minimum Gasteiger partial charge on any atom is -0.329 e. The summed E-state index contributed by atoms with van der Waals surface area (Å²) in [5, 5.41) is 0. The van der Waals surface area contributed by atoms with E-state index in [2.05, 4.69) is 23.6 Å². The molecule has 20 heavy (non-hydrogen) atoms. The minimum absolute atomic E-state index is 0.0791. The molecule has 1 aromatic rings. The summed E-state index contributed by atoms with van der Waals surface area (Å²) in [5.41, 5.74) is 5.99. The van der Waals surface area contributed by atoms with Gasteiger partial charge >= 0.3 is 0 Å². The van der Waals surface area contributed by atoms with Crippen LogP contribution in [0.15, 0.2) is 29.2 Å². The predicted molar refractivity (Wildman–Crippen MR) is 81.8 cm³/mol. The average Bonchev–Trinajstić information content (AvgIpc) is 2.47. The summed E-state index contributed by atoms with van der Waals surface area (Å²) in [7, 11) is 0. The molecule has 1 fully saturated rings. The Balaban J connectivity index is 1.81. The molecule has 0 radical (unpaired) electrons. The molecular formula is C15H26N4O. The third kappa shape index (κ3) is 3.69.